The third-order valence-corrected chi connectivity index (χ3v) is 5.02. The summed E-state index contributed by atoms with van der Waals surface area (Å²) in [6.45, 7) is 3.14. The molecule has 0 unspecified atom stereocenters. The second kappa shape index (κ2) is 12.3. The highest BCUT2D eigenvalue weighted by molar-refractivity contribution is 14.0. The van der Waals surface area contributed by atoms with E-state index in [0.29, 0.717) is 44.2 Å². The van der Waals surface area contributed by atoms with Crippen molar-refractivity contribution >= 4 is 41.8 Å². The minimum absolute atomic E-state index is 0. The molecule has 0 bridgehead atoms. The fraction of sp³-hybridized carbons (Fsp3) is 0.409. The molecule has 0 aliphatic carbocycles. The molecule has 174 valence electrons. The highest BCUT2D eigenvalue weighted by Crippen LogP contribution is 2.14. The summed E-state index contributed by atoms with van der Waals surface area (Å²) in [6, 6.07) is 11.0. The number of piperazine rings is 1. The van der Waals surface area contributed by atoms with E-state index in [1.807, 2.05) is 24.3 Å². The first-order valence-corrected chi connectivity index (χ1v) is 10.2. The molecule has 2 amide bonds. The van der Waals surface area contributed by atoms with Crippen molar-refractivity contribution in [1.82, 2.24) is 20.0 Å². The van der Waals surface area contributed by atoms with Crippen molar-refractivity contribution in [2.75, 3.05) is 53.9 Å². The van der Waals surface area contributed by atoms with Crippen molar-refractivity contribution in [3.8, 4) is 5.75 Å². The topological polar surface area (TPSA) is 90.6 Å². The van der Waals surface area contributed by atoms with Gasteiger partial charge in [0.05, 0.1) is 6.26 Å². The number of ether oxygens (including phenoxy) is 1. The van der Waals surface area contributed by atoms with E-state index in [-0.39, 0.29) is 42.4 Å². The van der Waals surface area contributed by atoms with Gasteiger partial charge in [0.25, 0.3) is 11.8 Å². The average molecular weight is 555 g/mol. The lowest BCUT2D eigenvalue weighted by atomic mass is 10.2. The van der Waals surface area contributed by atoms with E-state index >= 15 is 0 Å². The highest BCUT2D eigenvalue weighted by atomic mass is 127. The molecule has 0 spiro atoms. The van der Waals surface area contributed by atoms with Crippen LogP contribution in [0.2, 0.25) is 0 Å². The van der Waals surface area contributed by atoms with Crippen molar-refractivity contribution in [2.24, 2.45) is 4.99 Å². The first-order chi connectivity index (χ1) is 15.0. The van der Waals surface area contributed by atoms with Gasteiger partial charge >= 0.3 is 0 Å². The summed E-state index contributed by atoms with van der Waals surface area (Å²) in [5.74, 6) is 1.62. The van der Waals surface area contributed by atoms with Crippen LogP contribution in [-0.4, -0.2) is 86.4 Å². The molecule has 1 saturated heterocycles. The van der Waals surface area contributed by atoms with Crippen LogP contribution in [0, 0.1) is 0 Å². The Bertz CT molecular complexity index is 909. The third kappa shape index (κ3) is 6.87. The zero-order valence-corrected chi connectivity index (χ0v) is 20.9. The number of nitrogens with zero attached hydrogens (tertiary/aromatic N) is 4. The lowest BCUT2D eigenvalue weighted by Crippen LogP contribution is -2.53. The summed E-state index contributed by atoms with van der Waals surface area (Å²) in [5.41, 5.74) is 1.02. The molecular formula is C22H30IN5O4. The largest absolute Gasteiger partial charge is 0.484 e. The maximum Gasteiger partial charge on any atom is 0.289 e. The van der Waals surface area contributed by atoms with Gasteiger partial charge in [-0.3, -0.25) is 14.6 Å². The molecule has 1 N–H and O–H groups in total. The summed E-state index contributed by atoms with van der Waals surface area (Å²) in [5, 5.41) is 3.36. The zero-order valence-electron chi connectivity index (χ0n) is 18.6. The molecule has 0 radical (unpaired) electrons. The Hall–Kier alpha value is -2.76. The summed E-state index contributed by atoms with van der Waals surface area (Å²) >= 11 is 0. The maximum absolute atomic E-state index is 12.4. The summed E-state index contributed by atoms with van der Waals surface area (Å²) in [4.78, 5) is 33.9. The predicted molar refractivity (Wildman–Crippen MR) is 132 cm³/mol. The quantitative estimate of drug-likeness (QED) is 0.333. The van der Waals surface area contributed by atoms with E-state index in [0.717, 1.165) is 11.5 Å². The van der Waals surface area contributed by atoms with Crippen molar-refractivity contribution in [3.63, 3.8) is 0 Å². The Balaban J connectivity index is 0.00000363. The van der Waals surface area contributed by atoms with Crippen molar-refractivity contribution in [1.29, 1.82) is 0 Å². The molecule has 9 nitrogen and oxygen atoms in total. The Morgan fingerprint density at radius 3 is 2.47 bits per heavy atom. The molecule has 3 rings (SSSR count). The number of guanidine groups is 1. The van der Waals surface area contributed by atoms with E-state index < -0.39 is 0 Å². The molecule has 1 aliphatic heterocycles. The number of likely N-dealkylation sites (N-methyl/N-ethyl adjacent to an activating group) is 1. The molecule has 10 heteroatoms. The number of rotatable bonds is 6. The number of benzene rings is 1. The van der Waals surface area contributed by atoms with Gasteiger partial charge in [-0.1, -0.05) is 12.1 Å². The fourth-order valence-electron chi connectivity index (χ4n) is 3.21. The minimum atomic E-state index is -0.0893. The zero-order chi connectivity index (χ0) is 22.2. The SMILES string of the molecule is CN=C(NCc1cccc(OCC(=O)N(C)C)c1)N1CCN(C(=O)c2ccco2)CC1.I. The van der Waals surface area contributed by atoms with Gasteiger partial charge in [0.15, 0.2) is 18.3 Å². The molecule has 2 aromatic rings. The van der Waals surface area contributed by atoms with E-state index in [4.69, 9.17) is 9.15 Å². The number of hydrogen-bond acceptors (Lipinski definition) is 5. The van der Waals surface area contributed by atoms with Crippen LogP contribution in [0.4, 0.5) is 0 Å². The number of aliphatic imine (C=N–C) groups is 1. The second-order valence-corrected chi connectivity index (χ2v) is 7.38. The molecule has 1 fully saturated rings. The van der Waals surface area contributed by atoms with Crippen molar-refractivity contribution < 1.29 is 18.7 Å². The van der Waals surface area contributed by atoms with Crippen LogP contribution in [-0.2, 0) is 11.3 Å². The lowest BCUT2D eigenvalue weighted by molar-refractivity contribution is -0.130. The smallest absolute Gasteiger partial charge is 0.289 e. The second-order valence-electron chi connectivity index (χ2n) is 7.38. The fourth-order valence-corrected chi connectivity index (χ4v) is 3.21. The summed E-state index contributed by atoms with van der Waals surface area (Å²) < 4.78 is 10.8. The average Bonchev–Trinajstić information content (AvgIpc) is 3.33. The Labute approximate surface area is 205 Å². The van der Waals surface area contributed by atoms with Crippen LogP contribution in [0.3, 0.4) is 0 Å². The van der Waals surface area contributed by atoms with E-state index in [9.17, 15) is 9.59 Å². The maximum atomic E-state index is 12.4. The first-order valence-electron chi connectivity index (χ1n) is 10.2. The molecular weight excluding hydrogens is 525 g/mol. The van der Waals surface area contributed by atoms with Gasteiger partial charge in [0.1, 0.15) is 5.75 Å². The monoisotopic (exact) mass is 555 g/mol. The predicted octanol–water partition coefficient (Wildman–Crippen LogP) is 1.90. The van der Waals surface area contributed by atoms with Gasteiger partial charge in [0.2, 0.25) is 0 Å². The van der Waals surface area contributed by atoms with E-state index in [2.05, 4.69) is 15.2 Å². The standard InChI is InChI=1S/C22H29N5O4.HI/c1-23-22(27-11-9-26(10-12-27)21(29)19-8-5-13-30-19)24-15-17-6-4-7-18(14-17)31-16-20(28)25(2)3;/h4-8,13-14H,9-12,15-16H2,1-3H3,(H,23,24);1H. The van der Waals surface area contributed by atoms with Gasteiger partial charge in [0, 0.05) is 53.9 Å². The summed E-state index contributed by atoms with van der Waals surface area (Å²) in [7, 11) is 5.14. The Morgan fingerprint density at radius 1 is 1.12 bits per heavy atom. The number of carbonyl (C=O) groups is 2. The molecule has 2 heterocycles. The Morgan fingerprint density at radius 2 is 1.84 bits per heavy atom. The third-order valence-electron chi connectivity index (χ3n) is 5.02. The van der Waals surface area contributed by atoms with Gasteiger partial charge in [-0.05, 0) is 29.8 Å². The van der Waals surface area contributed by atoms with Crippen LogP contribution in [0.15, 0.2) is 52.1 Å². The number of hydrogen-bond donors (Lipinski definition) is 1. The molecule has 0 atom stereocenters. The number of amides is 2. The van der Waals surface area contributed by atoms with Gasteiger partial charge in [-0.2, -0.15) is 0 Å². The molecule has 0 saturated carbocycles. The van der Waals surface area contributed by atoms with Crippen LogP contribution in [0.5, 0.6) is 5.75 Å². The molecule has 1 aliphatic rings. The normalized spacial score (nSPS) is 13.9. The van der Waals surface area contributed by atoms with Gasteiger partial charge in [-0.25, -0.2) is 0 Å². The van der Waals surface area contributed by atoms with Crippen LogP contribution >= 0.6 is 24.0 Å². The van der Waals surface area contributed by atoms with Crippen molar-refractivity contribution in [2.45, 2.75) is 6.54 Å². The number of nitrogens with one attached hydrogen (secondary N) is 1. The number of carbonyl (C=O) groups excluding carboxylic acids is 2. The lowest BCUT2D eigenvalue weighted by Gasteiger charge is -2.36. The first kappa shape index (κ1) is 25.5. The van der Waals surface area contributed by atoms with Gasteiger partial charge < -0.3 is 29.2 Å². The number of furan rings is 1. The minimum Gasteiger partial charge on any atom is -0.484 e. The van der Waals surface area contributed by atoms with Crippen LogP contribution in [0.25, 0.3) is 0 Å². The van der Waals surface area contributed by atoms with Gasteiger partial charge in [-0.15, -0.1) is 24.0 Å². The Kier molecular flexibility index (Phi) is 9.82. The summed E-state index contributed by atoms with van der Waals surface area (Å²) in [6.07, 6.45) is 1.51. The van der Waals surface area contributed by atoms with E-state index in [1.54, 1.807) is 38.2 Å². The molecule has 1 aromatic carbocycles. The number of halogens is 1. The van der Waals surface area contributed by atoms with Crippen LogP contribution in [0.1, 0.15) is 16.1 Å². The van der Waals surface area contributed by atoms with E-state index in [1.165, 1.54) is 11.2 Å². The van der Waals surface area contributed by atoms with Crippen LogP contribution < -0.4 is 10.1 Å². The molecule has 32 heavy (non-hydrogen) atoms. The highest BCUT2D eigenvalue weighted by Gasteiger charge is 2.25. The molecule has 1 aromatic heterocycles. The van der Waals surface area contributed by atoms with Crippen molar-refractivity contribution in [3.05, 3.63) is 54.0 Å².